The van der Waals surface area contributed by atoms with E-state index >= 15 is 0 Å². The first-order valence-electron chi connectivity index (χ1n) is 11.5. The van der Waals surface area contributed by atoms with Crippen molar-refractivity contribution >= 4 is 32.9 Å². The molecule has 0 saturated carbocycles. The fourth-order valence-electron chi connectivity index (χ4n) is 4.37. The second-order valence-electron chi connectivity index (χ2n) is 9.16. The summed E-state index contributed by atoms with van der Waals surface area (Å²) in [6.45, 7) is 4.28. The molecule has 8 heteroatoms. The second kappa shape index (κ2) is 9.91. The van der Waals surface area contributed by atoms with Crippen LogP contribution in [0, 0.1) is 0 Å². The molecule has 4 rings (SSSR count). The van der Waals surface area contributed by atoms with Crippen LogP contribution in [0.2, 0.25) is 0 Å². The summed E-state index contributed by atoms with van der Waals surface area (Å²) in [5, 5.41) is 25.0. The molecule has 0 saturated heterocycles. The lowest BCUT2D eigenvalue weighted by Crippen LogP contribution is -2.21. The van der Waals surface area contributed by atoms with E-state index in [2.05, 4.69) is 54.7 Å². The van der Waals surface area contributed by atoms with Gasteiger partial charge in [-0.05, 0) is 84.9 Å². The number of nitrogens with zero attached hydrogens (tertiary/aromatic N) is 4. The Morgan fingerprint density at radius 1 is 0.970 bits per heavy atom. The van der Waals surface area contributed by atoms with Crippen LogP contribution in [0.3, 0.4) is 0 Å². The predicted octanol–water partition coefficient (Wildman–Crippen LogP) is 2.55. The molecular formula is C25H34N6O2. The summed E-state index contributed by atoms with van der Waals surface area (Å²) in [5.74, 6) is 0.0224. The molecule has 0 atom stereocenters. The second-order valence-corrected chi connectivity index (χ2v) is 9.16. The summed E-state index contributed by atoms with van der Waals surface area (Å²) < 4.78 is 1.82. The van der Waals surface area contributed by atoms with E-state index in [1.807, 2.05) is 16.6 Å². The lowest BCUT2D eigenvalue weighted by Gasteiger charge is -2.15. The zero-order valence-corrected chi connectivity index (χ0v) is 20.0. The molecule has 0 aliphatic rings. The number of hydrogen-bond acceptors (Lipinski definition) is 7. The van der Waals surface area contributed by atoms with E-state index in [1.165, 1.54) is 6.07 Å². The number of hydrogen-bond donors (Lipinski definition) is 3. The Hall–Kier alpha value is -2.94. The van der Waals surface area contributed by atoms with Crippen LogP contribution in [0.1, 0.15) is 18.5 Å². The molecule has 3 N–H and O–H groups in total. The highest BCUT2D eigenvalue weighted by Crippen LogP contribution is 2.40. The van der Waals surface area contributed by atoms with Gasteiger partial charge in [0.1, 0.15) is 5.75 Å². The summed E-state index contributed by atoms with van der Waals surface area (Å²) >= 11 is 0. The highest BCUT2D eigenvalue weighted by Gasteiger charge is 2.21. The van der Waals surface area contributed by atoms with E-state index in [0.29, 0.717) is 22.8 Å². The van der Waals surface area contributed by atoms with Gasteiger partial charge in [0.2, 0.25) is 0 Å². The van der Waals surface area contributed by atoms with Crippen LogP contribution in [-0.2, 0) is 6.54 Å². The molecule has 33 heavy (non-hydrogen) atoms. The summed E-state index contributed by atoms with van der Waals surface area (Å²) in [4.78, 5) is 17.0. The van der Waals surface area contributed by atoms with Gasteiger partial charge >= 0.3 is 0 Å². The molecule has 2 aromatic heterocycles. The van der Waals surface area contributed by atoms with Crippen molar-refractivity contribution in [3.05, 3.63) is 46.2 Å². The van der Waals surface area contributed by atoms with Crippen molar-refractivity contribution in [1.29, 1.82) is 0 Å². The van der Waals surface area contributed by atoms with E-state index in [0.717, 1.165) is 61.3 Å². The first-order valence-corrected chi connectivity index (χ1v) is 11.5. The van der Waals surface area contributed by atoms with Crippen LogP contribution >= 0.6 is 0 Å². The monoisotopic (exact) mass is 450 g/mol. The number of nitrogens with one attached hydrogen (secondary N) is 2. The smallest absolute Gasteiger partial charge is 0.191 e. The largest absolute Gasteiger partial charge is 0.506 e. The molecule has 0 aliphatic carbocycles. The highest BCUT2D eigenvalue weighted by atomic mass is 16.3. The lowest BCUT2D eigenvalue weighted by atomic mass is 10.0. The Kier molecular flexibility index (Phi) is 6.97. The number of benzene rings is 2. The molecule has 4 aromatic rings. The van der Waals surface area contributed by atoms with Gasteiger partial charge in [-0.3, -0.25) is 4.79 Å². The topological polar surface area (TPSA) is 85.1 Å². The van der Waals surface area contributed by atoms with Crippen molar-refractivity contribution < 1.29 is 5.11 Å². The van der Waals surface area contributed by atoms with Gasteiger partial charge in [0.05, 0.1) is 27.5 Å². The Morgan fingerprint density at radius 3 is 2.42 bits per heavy atom. The molecule has 2 aromatic carbocycles. The minimum absolute atomic E-state index is 0.0224. The molecule has 0 fully saturated rings. The summed E-state index contributed by atoms with van der Waals surface area (Å²) in [5.41, 5.74) is 2.99. The van der Waals surface area contributed by atoms with Gasteiger partial charge in [-0.2, -0.15) is 5.10 Å². The van der Waals surface area contributed by atoms with Crippen LogP contribution in [0.25, 0.3) is 27.2 Å². The fraction of sp³-hybridized carbons (Fsp3) is 0.440. The van der Waals surface area contributed by atoms with E-state index < -0.39 is 0 Å². The van der Waals surface area contributed by atoms with Crippen LogP contribution in [0.15, 0.2) is 35.1 Å². The lowest BCUT2D eigenvalue weighted by molar-refractivity contribution is 0.394. The third-order valence-corrected chi connectivity index (χ3v) is 5.98. The molecule has 0 bridgehead atoms. The average molecular weight is 451 g/mol. The number of fused-ring (bicyclic) bond motifs is 2. The van der Waals surface area contributed by atoms with Crippen LogP contribution in [0.5, 0.6) is 5.75 Å². The zero-order chi connectivity index (χ0) is 23.5. The first-order chi connectivity index (χ1) is 15.9. The van der Waals surface area contributed by atoms with Crippen molar-refractivity contribution in [2.24, 2.45) is 0 Å². The Morgan fingerprint density at radius 2 is 1.70 bits per heavy atom. The third-order valence-electron chi connectivity index (χ3n) is 5.98. The molecule has 0 unspecified atom stereocenters. The van der Waals surface area contributed by atoms with Crippen molar-refractivity contribution in [3.63, 3.8) is 0 Å². The van der Waals surface area contributed by atoms with E-state index in [1.54, 1.807) is 6.07 Å². The van der Waals surface area contributed by atoms with Crippen molar-refractivity contribution in [2.75, 3.05) is 59.7 Å². The SMILES string of the molecule is CN(C)CCCNCc1nn2c3cccc(=O)c3c(O)c3c(NCCCN(C)C)ccc1c32. The standard InChI is InChI=1S/C25H34N6O2/c1-29(2)14-6-12-26-16-19-17-10-11-18(27-13-7-15-30(3)4)22-24(17)31(28-19)20-8-5-9-21(32)23(20)25(22)33/h5,8-11,26-27,33H,6-7,12-16H2,1-4H3. The average Bonchev–Trinajstić information content (AvgIpc) is 3.13. The number of anilines is 1. The third kappa shape index (κ3) is 4.73. The maximum atomic E-state index is 12.7. The summed E-state index contributed by atoms with van der Waals surface area (Å²) in [6.07, 6.45) is 2.02. The van der Waals surface area contributed by atoms with E-state index in [4.69, 9.17) is 5.10 Å². The minimum Gasteiger partial charge on any atom is -0.506 e. The van der Waals surface area contributed by atoms with Crippen LogP contribution in [-0.4, -0.2) is 78.9 Å². The summed E-state index contributed by atoms with van der Waals surface area (Å²) in [6, 6.07) is 9.10. The van der Waals surface area contributed by atoms with Crippen LogP contribution in [0.4, 0.5) is 5.69 Å². The maximum absolute atomic E-state index is 12.7. The van der Waals surface area contributed by atoms with Gasteiger partial charge in [0, 0.05) is 24.2 Å². The van der Waals surface area contributed by atoms with Crippen molar-refractivity contribution in [3.8, 4) is 5.75 Å². The van der Waals surface area contributed by atoms with E-state index in [9.17, 15) is 9.90 Å². The summed E-state index contributed by atoms with van der Waals surface area (Å²) in [7, 11) is 8.25. The molecule has 0 amide bonds. The van der Waals surface area contributed by atoms with Crippen molar-refractivity contribution in [2.45, 2.75) is 19.4 Å². The molecule has 8 nitrogen and oxygen atoms in total. The van der Waals surface area contributed by atoms with Crippen LogP contribution < -0.4 is 16.1 Å². The maximum Gasteiger partial charge on any atom is 0.191 e. The molecule has 0 aliphatic heterocycles. The quantitative estimate of drug-likeness (QED) is 0.239. The molecule has 0 radical (unpaired) electrons. The molecule has 0 spiro atoms. The molecule has 2 heterocycles. The number of rotatable bonds is 11. The van der Waals surface area contributed by atoms with Gasteiger partial charge in [0.25, 0.3) is 0 Å². The van der Waals surface area contributed by atoms with Gasteiger partial charge in [-0.1, -0.05) is 6.07 Å². The first kappa shape index (κ1) is 23.2. The number of aromatic hydroxyl groups is 1. The fourth-order valence-corrected chi connectivity index (χ4v) is 4.37. The van der Waals surface area contributed by atoms with Gasteiger partial charge in [-0.25, -0.2) is 4.52 Å². The van der Waals surface area contributed by atoms with E-state index in [-0.39, 0.29) is 11.2 Å². The highest BCUT2D eigenvalue weighted by molar-refractivity contribution is 6.13. The van der Waals surface area contributed by atoms with Gasteiger partial charge < -0.3 is 25.5 Å². The Balaban J connectivity index is 1.76. The Labute approximate surface area is 194 Å². The van der Waals surface area contributed by atoms with Gasteiger partial charge in [-0.15, -0.1) is 0 Å². The zero-order valence-electron chi connectivity index (χ0n) is 20.0. The number of aromatic nitrogens is 2. The number of pyridine rings is 1. The normalized spacial score (nSPS) is 12.2. The Bertz CT molecular complexity index is 1300. The predicted molar refractivity (Wildman–Crippen MR) is 136 cm³/mol. The minimum atomic E-state index is -0.204. The van der Waals surface area contributed by atoms with Gasteiger partial charge in [0.15, 0.2) is 5.43 Å². The molecule has 176 valence electrons. The molecular weight excluding hydrogens is 416 g/mol. The van der Waals surface area contributed by atoms with Crippen molar-refractivity contribution in [1.82, 2.24) is 24.7 Å².